The van der Waals surface area contributed by atoms with E-state index in [2.05, 4.69) is 10.0 Å². The number of hydrogen-bond acceptors (Lipinski definition) is 9. The molecule has 3 aliphatic rings. The van der Waals surface area contributed by atoms with Crippen molar-refractivity contribution in [3.05, 3.63) is 59.9 Å². The summed E-state index contributed by atoms with van der Waals surface area (Å²) in [5.41, 5.74) is 0.251. The average Bonchev–Trinajstić information content (AvgIpc) is 3.62. The van der Waals surface area contributed by atoms with Gasteiger partial charge in [-0.1, -0.05) is 24.3 Å². The minimum atomic E-state index is -3.96. The number of nitrogens with one attached hydrogen (secondary N) is 2. The average molecular weight is 722 g/mol. The van der Waals surface area contributed by atoms with Crippen molar-refractivity contribution in [2.45, 2.75) is 76.2 Å². The van der Waals surface area contributed by atoms with Gasteiger partial charge in [0.2, 0.25) is 27.7 Å². The molecule has 0 spiro atoms. The maximum absolute atomic E-state index is 14.3. The number of aromatic nitrogens is 2. The van der Waals surface area contributed by atoms with E-state index in [9.17, 15) is 27.2 Å². The molecule has 2 heterocycles. The Balaban J connectivity index is 1.35. The molecule has 2 saturated carbocycles. The topological polar surface area (TPSA) is 157 Å². The molecular formula is C37H44FN5O7S. The summed E-state index contributed by atoms with van der Waals surface area (Å²) >= 11 is 0. The highest BCUT2D eigenvalue weighted by Gasteiger charge is 2.62. The molecule has 2 aromatic carbocycles. The van der Waals surface area contributed by atoms with Crippen molar-refractivity contribution in [2.75, 3.05) is 20.7 Å². The second-order valence-electron chi connectivity index (χ2n) is 14.1. The van der Waals surface area contributed by atoms with E-state index in [1.165, 1.54) is 26.0 Å². The van der Waals surface area contributed by atoms with Gasteiger partial charge in [0.25, 0.3) is 5.91 Å². The van der Waals surface area contributed by atoms with Crippen molar-refractivity contribution in [2.24, 2.45) is 17.8 Å². The third-order valence-electron chi connectivity index (χ3n) is 10.3. The van der Waals surface area contributed by atoms with Gasteiger partial charge in [0.05, 0.1) is 35.1 Å². The lowest BCUT2D eigenvalue weighted by Crippen LogP contribution is -2.54. The molecule has 1 aromatic heterocycles. The highest BCUT2D eigenvalue weighted by molar-refractivity contribution is 7.90. The van der Waals surface area contributed by atoms with Crippen LogP contribution in [0.3, 0.4) is 0 Å². The van der Waals surface area contributed by atoms with Crippen LogP contribution in [0, 0.1) is 30.5 Å². The van der Waals surface area contributed by atoms with Crippen LogP contribution in [0.1, 0.15) is 57.9 Å². The van der Waals surface area contributed by atoms with Gasteiger partial charge in [0.1, 0.15) is 23.2 Å². The van der Waals surface area contributed by atoms with Crippen molar-refractivity contribution in [1.82, 2.24) is 24.9 Å². The number of sulfonamides is 1. The molecule has 2 fully saturated rings. The van der Waals surface area contributed by atoms with Crippen LogP contribution in [-0.2, 0) is 24.4 Å². The Labute approximate surface area is 297 Å². The minimum Gasteiger partial charge on any atom is -0.496 e. The fourth-order valence-corrected chi connectivity index (χ4v) is 7.73. The van der Waals surface area contributed by atoms with E-state index in [1.54, 1.807) is 43.3 Å². The number of benzene rings is 2. The zero-order valence-corrected chi connectivity index (χ0v) is 30.3. The number of amides is 3. The van der Waals surface area contributed by atoms with Gasteiger partial charge in [-0.3, -0.25) is 19.1 Å². The maximum atomic E-state index is 14.3. The normalized spacial score (nSPS) is 25.5. The van der Waals surface area contributed by atoms with Gasteiger partial charge < -0.3 is 19.7 Å². The summed E-state index contributed by atoms with van der Waals surface area (Å²) in [6.45, 7) is 5.30. The summed E-state index contributed by atoms with van der Waals surface area (Å²) < 4.78 is 53.9. The number of nitrogens with zero attached hydrogens (tertiary/aromatic N) is 3. The van der Waals surface area contributed by atoms with Gasteiger partial charge in [-0.2, -0.15) is 4.98 Å². The Morgan fingerprint density at radius 2 is 1.88 bits per heavy atom. The van der Waals surface area contributed by atoms with Crippen molar-refractivity contribution < 1.29 is 36.7 Å². The lowest BCUT2D eigenvalue weighted by Gasteiger charge is -2.27. The first-order valence-electron chi connectivity index (χ1n) is 17.3. The second-order valence-corrected chi connectivity index (χ2v) is 16.3. The SMILES string of the molecule is COc1ccc2c(O[C@@H]3C[C@H]4C(=O)N[C@]5(C(=O)NS(=O)(=O)C(C)C)C[C@H]5C=CCCCCN(C)C(=O)[C@@H]4C3)nc(-c3cccc(F)c3)nc2c1C. The summed E-state index contributed by atoms with van der Waals surface area (Å²) in [5.74, 6) is -2.98. The largest absolute Gasteiger partial charge is 0.496 e. The predicted molar refractivity (Wildman–Crippen MR) is 189 cm³/mol. The zero-order chi connectivity index (χ0) is 36.7. The van der Waals surface area contributed by atoms with Gasteiger partial charge >= 0.3 is 0 Å². The highest BCUT2D eigenvalue weighted by Crippen LogP contribution is 2.47. The first kappa shape index (κ1) is 36.2. The fourth-order valence-electron chi connectivity index (χ4n) is 7.06. The molecule has 0 bridgehead atoms. The van der Waals surface area contributed by atoms with Crippen molar-refractivity contribution >= 4 is 38.6 Å². The number of methoxy groups -OCH3 is 1. The van der Waals surface area contributed by atoms with E-state index in [-0.39, 0.29) is 36.9 Å². The molecule has 2 N–H and O–H groups in total. The Bertz CT molecular complexity index is 2000. The molecule has 12 nitrogen and oxygen atoms in total. The van der Waals surface area contributed by atoms with Crippen LogP contribution in [-0.4, -0.2) is 78.6 Å². The molecule has 51 heavy (non-hydrogen) atoms. The lowest BCUT2D eigenvalue weighted by atomic mass is 9.93. The molecule has 5 atom stereocenters. The number of halogens is 1. The summed E-state index contributed by atoms with van der Waals surface area (Å²) in [6, 6.07) is 9.47. The number of hydrogen-bond donors (Lipinski definition) is 2. The van der Waals surface area contributed by atoms with Gasteiger partial charge in [0, 0.05) is 30.6 Å². The molecule has 3 aromatic rings. The van der Waals surface area contributed by atoms with Crippen LogP contribution >= 0.6 is 0 Å². The van der Waals surface area contributed by atoms with Crippen LogP contribution < -0.4 is 19.5 Å². The summed E-state index contributed by atoms with van der Waals surface area (Å²) in [5, 5.41) is 2.62. The molecule has 0 radical (unpaired) electrons. The Morgan fingerprint density at radius 1 is 1.12 bits per heavy atom. The maximum Gasteiger partial charge on any atom is 0.259 e. The van der Waals surface area contributed by atoms with Gasteiger partial charge in [-0.05, 0) is 83.6 Å². The highest BCUT2D eigenvalue weighted by atomic mass is 32.2. The van der Waals surface area contributed by atoms with Gasteiger partial charge in [-0.15, -0.1) is 0 Å². The van der Waals surface area contributed by atoms with Crippen LogP contribution in [0.5, 0.6) is 11.6 Å². The quantitative estimate of drug-likeness (QED) is 0.337. The Hall–Kier alpha value is -4.59. The number of carbonyl (C=O) groups excluding carboxylic acids is 3. The summed E-state index contributed by atoms with van der Waals surface area (Å²) in [4.78, 5) is 52.8. The molecule has 0 saturated heterocycles. The number of allylic oxidation sites excluding steroid dienone is 1. The van der Waals surface area contributed by atoms with Crippen LogP contribution in [0.15, 0.2) is 48.6 Å². The van der Waals surface area contributed by atoms with E-state index < -0.39 is 62.3 Å². The van der Waals surface area contributed by atoms with E-state index in [0.717, 1.165) is 18.4 Å². The lowest BCUT2D eigenvalue weighted by molar-refractivity contribution is -0.140. The van der Waals surface area contributed by atoms with Crippen LogP contribution in [0.2, 0.25) is 0 Å². The molecular weight excluding hydrogens is 678 g/mol. The number of ether oxygens (including phenoxy) is 2. The monoisotopic (exact) mass is 721 g/mol. The third-order valence-corrected chi connectivity index (χ3v) is 12.0. The van der Waals surface area contributed by atoms with E-state index in [1.807, 2.05) is 19.1 Å². The molecule has 272 valence electrons. The molecule has 3 amide bonds. The van der Waals surface area contributed by atoms with Gasteiger partial charge in [-0.25, -0.2) is 17.8 Å². The fraction of sp³-hybridized carbons (Fsp3) is 0.486. The Morgan fingerprint density at radius 3 is 2.61 bits per heavy atom. The Kier molecular flexibility index (Phi) is 10.1. The predicted octanol–water partition coefficient (Wildman–Crippen LogP) is 4.45. The van der Waals surface area contributed by atoms with Crippen LogP contribution in [0.4, 0.5) is 4.39 Å². The molecule has 6 rings (SSSR count). The standard InChI is InChI=1S/C37H44FN5O7S/c1-21(2)51(47,48)42-36(46)37-20-24(37)12-8-6-7-9-16-43(4)35(45)29-19-26(18-28(29)33(44)41-37)50-34-27-14-15-30(49-5)22(3)31(27)39-32(40-34)23-11-10-13-25(38)17-23/h8,10-15,17,21,24,26,28-29H,6-7,9,16,18-20H2,1-5H3,(H,41,44)(H,42,46)/t24-,26-,28-,29-,37-/m1/s1. The van der Waals surface area contributed by atoms with Crippen molar-refractivity contribution in [3.63, 3.8) is 0 Å². The number of rotatable bonds is 7. The first-order valence-corrected chi connectivity index (χ1v) is 18.9. The zero-order valence-electron chi connectivity index (χ0n) is 29.4. The van der Waals surface area contributed by atoms with E-state index in [4.69, 9.17) is 19.4 Å². The van der Waals surface area contributed by atoms with Crippen molar-refractivity contribution in [1.29, 1.82) is 0 Å². The molecule has 0 unspecified atom stereocenters. The first-order chi connectivity index (χ1) is 24.2. The summed E-state index contributed by atoms with van der Waals surface area (Å²) in [6.07, 6.45) is 6.01. The second kappa shape index (κ2) is 14.2. The number of carbonyl (C=O) groups is 3. The smallest absolute Gasteiger partial charge is 0.259 e. The van der Waals surface area contributed by atoms with E-state index in [0.29, 0.717) is 35.2 Å². The van der Waals surface area contributed by atoms with Gasteiger partial charge in [0.15, 0.2) is 5.82 Å². The van der Waals surface area contributed by atoms with Crippen molar-refractivity contribution in [3.8, 4) is 23.0 Å². The molecule has 2 aliphatic carbocycles. The number of fused-ring (bicyclic) bond motifs is 3. The summed E-state index contributed by atoms with van der Waals surface area (Å²) in [7, 11) is -0.689. The number of aryl methyl sites for hydroxylation is 1. The molecule has 1 aliphatic heterocycles. The van der Waals surface area contributed by atoms with Crippen LogP contribution in [0.25, 0.3) is 22.3 Å². The third kappa shape index (κ3) is 7.28. The molecule has 14 heteroatoms. The van der Waals surface area contributed by atoms with E-state index >= 15 is 0 Å². The minimum absolute atomic E-state index is 0.133.